The van der Waals surface area contributed by atoms with Gasteiger partial charge in [-0.05, 0) is 66.9 Å². The van der Waals surface area contributed by atoms with Gasteiger partial charge < -0.3 is 4.74 Å². The highest BCUT2D eigenvalue weighted by Crippen LogP contribution is 2.15. The highest BCUT2D eigenvalue weighted by Gasteiger charge is 2.28. The number of hydrogen-bond acceptors (Lipinski definition) is 6. The first-order valence-electron chi connectivity index (χ1n) is 10.9. The first kappa shape index (κ1) is 25.8. The van der Waals surface area contributed by atoms with E-state index < -0.39 is 27.9 Å². The number of carbonyl (C=O) groups is 2. The second-order valence-corrected chi connectivity index (χ2v) is 9.93. The molecule has 182 valence electrons. The molecule has 3 rings (SSSR count). The van der Waals surface area contributed by atoms with Crippen molar-refractivity contribution in [1.82, 2.24) is 10.1 Å². The molecule has 0 saturated carbocycles. The molecule has 0 heterocycles. The standard InChI is InChI=1S/C26H27N3O5S/c1-18(2)24(29-35(32,33)23-15-9-19(3)10-16-23)25(30)28-27-17-20-11-13-22(14-12-20)34-26(31)21-7-5-4-6-8-21/h4-18,24,29H,1-3H3,(H,28,30)/b27-17-/t24-/m0/s1. The molecule has 0 aliphatic rings. The molecule has 0 spiro atoms. The molecule has 3 aromatic carbocycles. The number of nitrogens with one attached hydrogen (secondary N) is 2. The van der Waals surface area contributed by atoms with E-state index in [9.17, 15) is 18.0 Å². The van der Waals surface area contributed by atoms with Crippen LogP contribution in [0.15, 0.2) is 88.9 Å². The van der Waals surface area contributed by atoms with Crippen LogP contribution in [-0.2, 0) is 14.8 Å². The third-order valence-electron chi connectivity index (χ3n) is 5.05. The molecule has 35 heavy (non-hydrogen) atoms. The molecule has 9 heteroatoms. The van der Waals surface area contributed by atoms with Crippen LogP contribution in [0.4, 0.5) is 0 Å². The molecule has 0 fully saturated rings. The minimum Gasteiger partial charge on any atom is -0.423 e. The van der Waals surface area contributed by atoms with E-state index in [4.69, 9.17) is 4.74 Å². The maximum Gasteiger partial charge on any atom is 0.343 e. The van der Waals surface area contributed by atoms with Crippen molar-refractivity contribution in [3.63, 3.8) is 0 Å². The number of benzene rings is 3. The number of rotatable bonds is 9. The summed E-state index contributed by atoms with van der Waals surface area (Å²) < 4.78 is 33.2. The van der Waals surface area contributed by atoms with Gasteiger partial charge in [0.25, 0.3) is 5.91 Å². The number of amides is 1. The SMILES string of the molecule is Cc1ccc(S(=O)(=O)N[C@H](C(=O)N/N=C\c2ccc(OC(=O)c3ccccc3)cc2)C(C)C)cc1. The van der Waals surface area contributed by atoms with E-state index in [-0.39, 0.29) is 10.8 Å². The lowest BCUT2D eigenvalue weighted by Crippen LogP contribution is -2.48. The third-order valence-corrected chi connectivity index (χ3v) is 6.51. The van der Waals surface area contributed by atoms with Crippen molar-refractivity contribution in [2.75, 3.05) is 0 Å². The molecule has 8 nitrogen and oxygen atoms in total. The third kappa shape index (κ3) is 7.33. The number of carbonyl (C=O) groups excluding carboxylic acids is 2. The summed E-state index contributed by atoms with van der Waals surface area (Å²) in [5, 5.41) is 3.93. The second-order valence-electron chi connectivity index (χ2n) is 8.21. The Morgan fingerprint density at radius 3 is 2.14 bits per heavy atom. The summed E-state index contributed by atoms with van der Waals surface area (Å²) in [6.45, 7) is 5.33. The molecule has 0 aromatic heterocycles. The normalized spacial score (nSPS) is 12.5. The fourth-order valence-corrected chi connectivity index (χ4v) is 4.39. The largest absolute Gasteiger partial charge is 0.423 e. The Bertz CT molecular complexity index is 1290. The van der Waals surface area contributed by atoms with Crippen molar-refractivity contribution in [1.29, 1.82) is 0 Å². The van der Waals surface area contributed by atoms with Crippen molar-refractivity contribution in [2.45, 2.75) is 31.7 Å². The van der Waals surface area contributed by atoms with Gasteiger partial charge in [0.2, 0.25) is 10.0 Å². The second kappa shape index (κ2) is 11.5. The number of sulfonamides is 1. The van der Waals surface area contributed by atoms with E-state index in [0.29, 0.717) is 16.9 Å². The van der Waals surface area contributed by atoms with Crippen LogP contribution < -0.4 is 14.9 Å². The average molecular weight is 494 g/mol. The van der Waals surface area contributed by atoms with Gasteiger partial charge in [0.05, 0.1) is 16.7 Å². The molecule has 3 aromatic rings. The van der Waals surface area contributed by atoms with Crippen LogP contribution in [0.25, 0.3) is 0 Å². The van der Waals surface area contributed by atoms with Crippen molar-refractivity contribution in [2.24, 2.45) is 11.0 Å². The van der Waals surface area contributed by atoms with E-state index in [2.05, 4.69) is 15.2 Å². The zero-order valence-corrected chi connectivity index (χ0v) is 20.5. The summed E-state index contributed by atoms with van der Waals surface area (Å²) in [5.41, 5.74) is 4.40. The number of esters is 1. The van der Waals surface area contributed by atoms with Crippen molar-refractivity contribution in [3.8, 4) is 5.75 Å². The number of nitrogens with zero attached hydrogens (tertiary/aromatic N) is 1. The molecule has 2 N–H and O–H groups in total. The fourth-order valence-electron chi connectivity index (χ4n) is 3.05. The van der Waals surface area contributed by atoms with Crippen molar-refractivity contribution < 1.29 is 22.7 Å². The topological polar surface area (TPSA) is 114 Å². The maximum absolute atomic E-state index is 12.7. The van der Waals surface area contributed by atoms with E-state index in [1.165, 1.54) is 18.3 Å². The molecule has 0 unspecified atom stereocenters. The zero-order chi connectivity index (χ0) is 25.4. The molecule has 0 bridgehead atoms. The van der Waals surface area contributed by atoms with Gasteiger partial charge in [-0.1, -0.05) is 49.7 Å². The number of hydrogen-bond donors (Lipinski definition) is 2. The molecule has 1 atom stereocenters. The molecule has 0 aliphatic carbocycles. The molecule has 0 aliphatic heterocycles. The Kier molecular flexibility index (Phi) is 8.51. The highest BCUT2D eigenvalue weighted by molar-refractivity contribution is 7.89. The van der Waals surface area contributed by atoms with Crippen LogP contribution in [0.3, 0.4) is 0 Å². The molecule has 0 saturated heterocycles. The summed E-state index contributed by atoms with van der Waals surface area (Å²) in [5.74, 6) is -0.998. The van der Waals surface area contributed by atoms with Gasteiger partial charge in [-0.15, -0.1) is 0 Å². The highest BCUT2D eigenvalue weighted by atomic mass is 32.2. The summed E-state index contributed by atoms with van der Waals surface area (Å²) in [4.78, 5) is 24.8. The minimum absolute atomic E-state index is 0.0816. The zero-order valence-electron chi connectivity index (χ0n) is 19.6. The Hall–Kier alpha value is -3.82. The molecule has 0 radical (unpaired) electrons. The van der Waals surface area contributed by atoms with Gasteiger partial charge in [0, 0.05) is 0 Å². The fraction of sp³-hybridized carbons (Fsp3) is 0.192. The van der Waals surface area contributed by atoms with E-state index in [1.54, 1.807) is 74.5 Å². The van der Waals surface area contributed by atoms with Gasteiger partial charge >= 0.3 is 5.97 Å². The van der Waals surface area contributed by atoms with Gasteiger partial charge in [0.1, 0.15) is 11.8 Å². The molecular weight excluding hydrogens is 466 g/mol. The quantitative estimate of drug-likeness (QED) is 0.204. The Morgan fingerprint density at radius 1 is 0.914 bits per heavy atom. The van der Waals surface area contributed by atoms with Crippen LogP contribution in [0.2, 0.25) is 0 Å². The van der Waals surface area contributed by atoms with Gasteiger partial charge in [-0.25, -0.2) is 18.6 Å². The van der Waals surface area contributed by atoms with E-state index >= 15 is 0 Å². The number of aryl methyl sites for hydroxylation is 1. The molecular formula is C26H27N3O5S. The lowest BCUT2D eigenvalue weighted by atomic mass is 10.1. The first-order valence-corrected chi connectivity index (χ1v) is 12.4. The monoisotopic (exact) mass is 493 g/mol. The van der Waals surface area contributed by atoms with Crippen LogP contribution >= 0.6 is 0 Å². The smallest absolute Gasteiger partial charge is 0.343 e. The lowest BCUT2D eigenvalue weighted by Gasteiger charge is -2.20. The van der Waals surface area contributed by atoms with Crippen molar-refractivity contribution in [3.05, 3.63) is 95.6 Å². The van der Waals surface area contributed by atoms with Gasteiger partial charge in [-0.2, -0.15) is 9.82 Å². The van der Waals surface area contributed by atoms with E-state index in [1.807, 2.05) is 13.0 Å². The van der Waals surface area contributed by atoms with Crippen molar-refractivity contribution >= 4 is 28.1 Å². The van der Waals surface area contributed by atoms with Crippen LogP contribution in [-0.4, -0.2) is 32.6 Å². The Labute approximate surface area is 205 Å². The van der Waals surface area contributed by atoms with E-state index in [0.717, 1.165) is 5.56 Å². The Balaban J connectivity index is 1.59. The van der Waals surface area contributed by atoms with Gasteiger partial charge in [-0.3, -0.25) is 4.79 Å². The predicted octanol–water partition coefficient (Wildman–Crippen LogP) is 3.67. The van der Waals surface area contributed by atoms with Crippen LogP contribution in [0.5, 0.6) is 5.75 Å². The first-order chi connectivity index (χ1) is 16.7. The molecule has 1 amide bonds. The predicted molar refractivity (Wildman–Crippen MR) is 134 cm³/mol. The minimum atomic E-state index is -3.88. The summed E-state index contributed by atoms with van der Waals surface area (Å²) in [6.07, 6.45) is 1.41. The summed E-state index contributed by atoms with van der Waals surface area (Å²) in [7, 11) is -3.88. The maximum atomic E-state index is 12.7. The lowest BCUT2D eigenvalue weighted by molar-refractivity contribution is -0.123. The number of hydrazone groups is 1. The number of ether oxygens (including phenoxy) is 1. The Morgan fingerprint density at radius 2 is 1.54 bits per heavy atom. The van der Waals surface area contributed by atoms with Crippen LogP contribution in [0, 0.1) is 12.8 Å². The van der Waals surface area contributed by atoms with Gasteiger partial charge in [0.15, 0.2) is 0 Å². The summed E-state index contributed by atoms with van der Waals surface area (Å²) in [6, 6.07) is 20.6. The average Bonchev–Trinajstić information content (AvgIpc) is 2.84. The van der Waals surface area contributed by atoms with Crippen LogP contribution in [0.1, 0.15) is 35.3 Å². The summed E-state index contributed by atoms with van der Waals surface area (Å²) >= 11 is 0.